The van der Waals surface area contributed by atoms with Gasteiger partial charge in [-0.25, -0.2) is 4.98 Å². The van der Waals surface area contributed by atoms with Gasteiger partial charge in [0.15, 0.2) is 0 Å². The van der Waals surface area contributed by atoms with Crippen LogP contribution in [0.15, 0.2) is 47.1 Å². The van der Waals surface area contributed by atoms with Gasteiger partial charge in [-0.3, -0.25) is 9.59 Å². The summed E-state index contributed by atoms with van der Waals surface area (Å²) in [7, 11) is 0. The number of carbonyl (C=O) groups is 2. The van der Waals surface area contributed by atoms with Crippen LogP contribution < -0.4 is 10.1 Å². The largest absolute Gasteiger partial charge is 0.481 e. The average molecular weight is 405 g/mol. The number of benzene rings is 1. The maximum Gasteiger partial charge on any atom is 0.308 e. The minimum absolute atomic E-state index is 0.319. The van der Waals surface area contributed by atoms with Crippen molar-refractivity contribution in [2.24, 2.45) is 5.92 Å². The normalized spacial score (nSPS) is 19.4. The first-order valence-corrected chi connectivity index (χ1v) is 8.75. The summed E-state index contributed by atoms with van der Waals surface area (Å²) in [6.45, 7) is 0. The molecule has 0 bridgehead atoms. The van der Waals surface area contributed by atoms with Gasteiger partial charge in [-0.15, -0.1) is 0 Å². The van der Waals surface area contributed by atoms with Crippen molar-refractivity contribution in [2.75, 3.05) is 0 Å². The molecule has 0 spiro atoms. The fraction of sp³-hybridized carbons (Fsp3) is 0.278. The number of hydrogen-bond donors (Lipinski definition) is 2. The van der Waals surface area contributed by atoms with Crippen LogP contribution in [0.3, 0.4) is 0 Å². The number of carbonyl (C=O) groups excluding carboxylic acids is 1. The van der Waals surface area contributed by atoms with Crippen molar-refractivity contribution < 1.29 is 19.4 Å². The molecule has 2 aromatic rings. The molecule has 0 saturated heterocycles. The molecule has 1 heterocycles. The lowest BCUT2D eigenvalue weighted by Crippen LogP contribution is -2.40. The van der Waals surface area contributed by atoms with E-state index in [2.05, 4.69) is 26.2 Å². The van der Waals surface area contributed by atoms with Gasteiger partial charge in [-0.1, -0.05) is 22.4 Å². The van der Waals surface area contributed by atoms with Gasteiger partial charge in [-0.2, -0.15) is 0 Å². The van der Waals surface area contributed by atoms with Crippen molar-refractivity contribution in [3.63, 3.8) is 0 Å². The molecule has 1 fully saturated rings. The summed E-state index contributed by atoms with van der Waals surface area (Å²) in [5, 5.41) is 12.0. The molecular weight excluding hydrogens is 388 g/mol. The third-order valence-electron chi connectivity index (χ3n) is 4.18. The Balaban J connectivity index is 1.62. The first-order valence-electron chi connectivity index (χ1n) is 7.96. The molecular formula is C18H17BrN2O4. The number of halogens is 1. The Hall–Kier alpha value is -2.41. The SMILES string of the molecule is O=C(NC1CCCC1C(=O)O)c1ccc(Oc2ccc(Br)cc2)nc1. The highest BCUT2D eigenvalue weighted by molar-refractivity contribution is 9.10. The number of pyridine rings is 1. The lowest BCUT2D eigenvalue weighted by atomic mass is 10.0. The molecule has 3 rings (SSSR count). The van der Waals surface area contributed by atoms with Gasteiger partial charge in [0.05, 0.1) is 11.5 Å². The molecule has 1 aliphatic rings. The Bertz CT molecular complexity index is 762. The summed E-state index contributed by atoms with van der Waals surface area (Å²) >= 11 is 3.35. The van der Waals surface area contributed by atoms with Gasteiger partial charge in [0.25, 0.3) is 5.91 Å². The first kappa shape index (κ1) is 17.4. The molecule has 0 radical (unpaired) electrons. The minimum atomic E-state index is -0.862. The number of rotatable bonds is 5. The zero-order chi connectivity index (χ0) is 17.8. The van der Waals surface area contributed by atoms with E-state index in [1.54, 1.807) is 24.3 Å². The molecule has 130 valence electrons. The van der Waals surface area contributed by atoms with E-state index >= 15 is 0 Å². The second-order valence-corrected chi connectivity index (χ2v) is 6.81. The van der Waals surface area contributed by atoms with Crippen molar-refractivity contribution in [3.05, 3.63) is 52.6 Å². The number of nitrogens with one attached hydrogen (secondary N) is 1. The van der Waals surface area contributed by atoms with Crippen molar-refractivity contribution in [3.8, 4) is 11.6 Å². The van der Waals surface area contributed by atoms with Crippen LogP contribution in [0.1, 0.15) is 29.6 Å². The lowest BCUT2D eigenvalue weighted by Gasteiger charge is -2.17. The Kier molecular flexibility index (Phi) is 5.33. The molecule has 6 nitrogen and oxygen atoms in total. The highest BCUT2D eigenvalue weighted by Crippen LogP contribution is 2.26. The number of nitrogens with zero attached hydrogens (tertiary/aromatic N) is 1. The highest BCUT2D eigenvalue weighted by atomic mass is 79.9. The van der Waals surface area contributed by atoms with Crippen LogP contribution in [-0.2, 0) is 4.79 Å². The van der Waals surface area contributed by atoms with Crippen LogP contribution in [0, 0.1) is 5.92 Å². The van der Waals surface area contributed by atoms with Gasteiger partial charge in [0.1, 0.15) is 5.75 Å². The molecule has 1 aliphatic carbocycles. The molecule has 25 heavy (non-hydrogen) atoms. The van der Waals surface area contributed by atoms with Crippen LogP contribution in [0.5, 0.6) is 11.6 Å². The zero-order valence-electron chi connectivity index (χ0n) is 13.3. The third kappa shape index (κ3) is 4.36. The monoisotopic (exact) mass is 404 g/mol. The summed E-state index contributed by atoms with van der Waals surface area (Å²) in [6.07, 6.45) is 3.51. The molecule has 2 N–H and O–H groups in total. The van der Waals surface area contributed by atoms with Crippen molar-refractivity contribution in [1.82, 2.24) is 10.3 Å². The Morgan fingerprint density at radius 2 is 1.92 bits per heavy atom. The molecule has 1 aromatic heterocycles. The topological polar surface area (TPSA) is 88.5 Å². The van der Waals surface area contributed by atoms with Crippen LogP contribution in [-0.4, -0.2) is 28.0 Å². The fourth-order valence-electron chi connectivity index (χ4n) is 2.88. The number of hydrogen-bond acceptors (Lipinski definition) is 4. The van der Waals surface area contributed by atoms with Gasteiger partial charge in [0.2, 0.25) is 5.88 Å². The molecule has 1 saturated carbocycles. The predicted octanol–water partition coefficient (Wildman–Crippen LogP) is 3.62. The summed E-state index contributed by atoms with van der Waals surface area (Å²) in [5.74, 6) is -0.678. The Morgan fingerprint density at radius 3 is 2.56 bits per heavy atom. The minimum Gasteiger partial charge on any atom is -0.481 e. The lowest BCUT2D eigenvalue weighted by molar-refractivity contribution is -0.142. The van der Waals surface area contributed by atoms with Gasteiger partial charge in [-0.05, 0) is 43.2 Å². The van der Waals surface area contributed by atoms with E-state index in [0.717, 1.165) is 10.9 Å². The number of amides is 1. The average Bonchev–Trinajstić information content (AvgIpc) is 3.06. The number of carboxylic acid groups (broad SMARTS) is 1. The van der Waals surface area contributed by atoms with Crippen molar-refractivity contribution >= 4 is 27.8 Å². The smallest absolute Gasteiger partial charge is 0.308 e. The Labute approximate surface area is 153 Å². The van der Waals surface area contributed by atoms with Crippen LogP contribution in [0.25, 0.3) is 0 Å². The number of aliphatic carboxylic acids is 1. The van der Waals surface area contributed by atoms with Gasteiger partial charge >= 0.3 is 5.97 Å². The van der Waals surface area contributed by atoms with E-state index < -0.39 is 11.9 Å². The van der Waals surface area contributed by atoms with Crippen molar-refractivity contribution in [2.45, 2.75) is 25.3 Å². The van der Waals surface area contributed by atoms with Gasteiger partial charge in [0, 0.05) is 22.8 Å². The second kappa shape index (κ2) is 7.65. The van der Waals surface area contributed by atoms with Crippen LogP contribution >= 0.6 is 15.9 Å². The van der Waals surface area contributed by atoms with E-state index in [-0.39, 0.29) is 11.9 Å². The van der Waals surface area contributed by atoms with E-state index in [1.807, 2.05) is 12.1 Å². The molecule has 2 unspecified atom stereocenters. The predicted molar refractivity (Wildman–Crippen MR) is 94.7 cm³/mol. The van der Waals surface area contributed by atoms with Crippen LogP contribution in [0.4, 0.5) is 0 Å². The van der Waals surface area contributed by atoms with Gasteiger partial charge < -0.3 is 15.2 Å². The highest BCUT2D eigenvalue weighted by Gasteiger charge is 2.34. The van der Waals surface area contributed by atoms with Crippen molar-refractivity contribution in [1.29, 1.82) is 0 Å². The Morgan fingerprint density at radius 1 is 1.16 bits per heavy atom. The molecule has 1 amide bonds. The summed E-state index contributed by atoms with van der Waals surface area (Å²) in [5.41, 5.74) is 0.374. The standard InChI is InChI=1S/C18H17BrN2O4/c19-12-5-7-13(8-6-12)25-16-9-4-11(10-20-16)17(22)21-15-3-1-2-14(15)18(23)24/h4-10,14-15H,1-3H2,(H,21,22)(H,23,24). The summed E-state index contributed by atoms with van der Waals surface area (Å²) in [4.78, 5) is 27.6. The first-order chi connectivity index (χ1) is 12.0. The maximum absolute atomic E-state index is 12.3. The molecule has 0 aliphatic heterocycles. The molecule has 2 atom stereocenters. The number of carboxylic acids is 1. The second-order valence-electron chi connectivity index (χ2n) is 5.90. The third-order valence-corrected chi connectivity index (χ3v) is 4.71. The van der Waals surface area contributed by atoms with E-state index in [1.165, 1.54) is 6.20 Å². The van der Waals surface area contributed by atoms with E-state index in [9.17, 15) is 14.7 Å². The zero-order valence-corrected chi connectivity index (χ0v) is 14.9. The number of ether oxygens (including phenoxy) is 1. The fourth-order valence-corrected chi connectivity index (χ4v) is 3.14. The van der Waals surface area contributed by atoms with Crippen LogP contribution in [0.2, 0.25) is 0 Å². The molecule has 1 aromatic carbocycles. The number of aromatic nitrogens is 1. The molecule has 7 heteroatoms. The summed E-state index contributed by atoms with van der Waals surface area (Å²) < 4.78 is 6.56. The quantitative estimate of drug-likeness (QED) is 0.794. The summed E-state index contributed by atoms with van der Waals surface area (Å²) in [6, 6.07) is 10.2. The maximum atomic E-state index is 12.3. The van der Waals surface area contributed by atoms with E-state index in [4.69, 9.17) is 4.74 Å². The van der Waals surface area contributed by atoms with E-state index in [0.29, 0.717) is 30.0 Å².